The summed E-state index contributed by atoms with van der Waals surface area (Å²) in [6, 6.07) is 7.60. The highest BCUT2D eigenvalue weighted by atomic mass is 16.7. The van der Waals surface area contributed by atoms with Crippen molar-refractivity contribution in [3.05, 3.63) is 76.4 Å². The Balaban J connectivity index is 0.000000184. The maximum Gasteiger partial charge on any atom is 0.309 e. The van der Waals surface area contributed by atoms with E-state index in [1.54, 1.807) is 12.2 Å². The number of carboxylic acid groups (broad SMARTS) is 1. The van der Waals surface area contributed by atoms with Gasteiger partial charge in [0.25, 0.3) is 0 Å². The van der Waals surface area contributed by atoms with Crippen LogP contribution in [-0.2, 0) is 21.4 Å². The van der Waals surface area contributed by atoms with Gasteiger partial charge in [-0.3, -0.25) is 9.59 Å². The molecule has 3 saturated carbocycles. The smallest absolute Gasteiger partial charge is 0.309 e. The van der Waals surface area contributed by atoms with Crippen molar-refractivity contribution in [3.8, 4) is 23.0 Å². The number of amides is 1. The van der Waals surface area contributed by atoms with Gasteiger partial charge < -0.3 is 29.7 Å². The van der Waals surface area contributed by atoms with E-state index in [4.69, 9.17) is 9.47 Å². The average Bonchev–Trinajstić information content (AvgIpc) is 3.63. The highest BCUT2D eigenvalue weighted by Gasteiger charge is 2.67. The highest BCUT2D eigenvalue weighted by Crippen LogP contribution is 2.74. The number of piperidine rings is 1. The van der Waals surface area contributed by atoms with Crippen LogP contribution in [0.5, 0.6) is 23.0 Å². The molecule has 0 radical (unpaired) electrons. The Morgan fingerprint density at radius 3 is 2.33 bits per heavy atom. The minimum atomic E-state index is -0.641. The van der Waals surface area contributed by atoms with E-state index >= 15 is 0 Å². The maximum absolute atomic E-state index is 12.3. The molecule has 8 nitrogen and oxygen atoms in total. The number of fused-ring (bicyclic) bond motifs is 8. The summed E-state index contributed by atoms with van der Waals surface area (Å²) in [5.41, 5.74) is 5.03. The second kappa shape index (κ2) is 13.8. The summed E-state index contributed by atoms with van der Waals surface area (Å²) in [5, 5.41) is 30.9. The number of hydrogen-bond donors (Lipinski definition) is 3. The number of phenols is 2. The molecule has 4 fully saturated rings. The molecule has 8 heteroatoms. The van der Waals surface area contributed by atoms with Crippen molar-refractivity contribution in [2.75, 3.05) is 19.9 Å². The van der Waals surface area contributed by atoms with Crippen molar-refractivity contribution in [1.29, 1.82) is 0 Å². The molecule has 2 heterocycles. The first kappa shape index (κ1) is 38.1. The molecule has 3 N–H and O–H groups in total. The minimum Gasteiger partial charge on any atom is -0.504 e. The molecule has 4 aliphatic carbocycles. The molecule has 290 valence electrons. The van der Waals surface area contributed by atoms with E-state index in [0.717, 1.165) is 105 Å². The van der Waals surface area contributed by atoms with Gasteiger partial charge >= 0.3 is 5.97 Å². The molecule has 0 bridgehead atoms. The number of rotatable bonds is 4. The molecule has 0 aromatic heterocycles. The Kier molecular flexibility index (Phi) is 9.75. The Bertz CT molecular complexity index is 1920. The van der Waals surface area contributed by atoms with Crippen LogP contribution in [0.1, 0.15) is 121 Å². The summed E-state index contributed by atoms with van der Waals surface area (Å²) in [6.07, 6.45) is 20.7. The summed E-state index contributed by atoms with van der Waals surface area (Å²) in [4.78, 5) is 26.1. The van der Waals surface area contributed by atoms with E-state index in [1.807, 2.05) is 55.2 Å². The molecular weight excluding hydrogens is 679 g/mol. The van der Waals surface area contributed by atoms with E-state index in [2.05, 4.69) is 33.8 Å². The predicted molar refractivity (Wildman–Crippen MR) is 211 cm³/mol. The molecule has 2 aliphatic heterocycles. The molecule has 6 aliphatic rings. The monoisotopic (exact) mass is 737 g/mol. The number of allylic oxidation sites excluding steroid dienone is 4. The normalized spacial score (nSPS) is 33.9. The fourth-order valence-electron chi connectivity index (χ4n) is 11.4. The molecule has 6 unspecified atom stereocenters. The third kappa shape index (κ3) is 6.21. The third-order valence-electron chi connectivity index (χ3n) is 15.3. The van der Waals surface area contributed by atoms with Crippen LogP contribution in [-0.4, -0.2) is 52.0 Å². The van der Waals surface area contributed by atoms with Gasteiger partial charge in [0, 0.05) is 24.6 Å². The van der Waals surface area contributed by atoms with Crippen molar-refractivity contribution < 1.29 is 34.4 Å². The summed E-state index contributed by atoms with van der Waals surface area (Å²) in [7, 11) is 0. The number of hydrogen-bond acceptors (Lipinski definition) is 6. The van der Waals surface area contributed by atoms with Crippen molar-refractivity contribution in [3.63, 3.8) is 0 Å². The van der Waals surface area contributed by atoms with Gasteiger partial charge in [-0.05, 0) is 147 Å². The first-order valence-electron chi connectivity index (χ1n) is 20.1. The summed E-state index contributed by atoms with van der Waals surface area (Å²) in [6.45, 7) is 15.6. The van der Waals surface area contributed by atoms with Crippen molar-refractivity contribution in [2.45, 2.75) is 118 Å². The van der Waals surface area contributed by atoms with Gasteiger partial charge in [-0.25, -0.2) is 0 Å². The fraction of sp³-hybridized carbons (Fsp3) is 0.565. The molecule has 2 aromatic rings. The van der Waals surface area contributed by atoms with E-state index in [-0.39, 0.29) is 45.9 Å². The van der Waals surface area contributed by atoms with Gasteiger partial charge in [0.2, 0.25) is 12.7 Å². The van der Waals surface area contributed by atoms with E-state index in [1.165, 1.54) is 17.6 Å². The van der Waals surface area contributed by atoms with Crippen LogP contribution in [0.2, 0.25) is 0 Å². The Hall–Kier alpha value is -4.20. The summed E-state index contributed by atoms with van der Waals surface area (Å²) in [5.74, 6) is 1.37. The second-order valence-electron chi connectivity index (χ2n) is 18.3. The predicted octanol–water partition coefficient (Wildman–Crippen LogP) is 9.64. The van der Waals surface area contributed by atoms with E-state index in [0.29, 0.717) is 5.92 Å². The number of carbonyl (C=O) groups is 2. The van der Waals surface area contributed by atoms with Gasteiger partial charge in [0.05, 0.1) is 5.41 Å². The number of benzene rings is 2. The van der Waals surface area contributed by atoms with E-state index in [9.17, 15) is 24.9 Å². The summed E-state index contributed by atoms with van der Waals surface area (Å²) < 4.78 is 10.6. The average molecular weight is 738 g/mol. The van der Waals surface area contributed by atoms with Crippen LogP contribution in [0.25, 0.3) is 6.08 Å². The van der Waals surface area contributed by atoms with Gasteiger partial charge in [-0.15, -0.1) is 0 Å². The van der Waals surface area contributed by atoms with Crippen LogP contribution in [0, 0.1) is 34.5 Å². The molecule has 0 spiro atoms. The zero-order valence-electron chi connectivity index (χ0n) is 33.1. The van der Waals surface area contributed by atoms with Crippen molar-refractivity contribution in [1.82, 2.24) is 4.90 Å². The molecule has 6 atom stereocenters. The number of nitrogens with zero attached hydrogens (tertiary/aromatic N) is 1. The van der Waals surface area contributed by atoms with Gasteiger partial charge in [0.1, 0.15) is 0 Å². The van der Waals surface area contributed by atoms with Crippen LogP contribution in [0.4, 0.5) is 0 Å². The molecule has 1 saturated heterocycles. The second-order valence-corrected chi connectivity index (χ2v) is 18.3. The lowest BCUT2D eigenvalue weighted by atomic mass is 9.34. The fourth-order valence-corrected chi connectivity index (χ4v) is 11.4. The lowest BCUT2D eigenvalue weighted by Gasteiger charge is -2.69. The van der Waals surface area contributed by atoms with Crippen LogP contribution in [0.15, 0.2) is 54.1 Å². The largest absolute Gasteiger partial charge is 0.504 e. The zero-order chi connectivity index (χ0) is 38.7. The van der Waals surface area contributed by atoms with Crippen LogP contribution < -0.4 is 9.47 Å². The number of carbonyl (C=O) groups excluding carboxylic acids is 1. The SMILES string of the molecule is Cc1c(O)c(O)cc2c1CC=C1C2(C)CCC2(C)C3CC(C)(C(=O)O)CCC3(C)CCC12C.O=C(C=CC=Cc1ccc2c(c1)OCO2)N1CCCCC1. The number of carboxylic acids is 1. The molecule has 54 heavy (non-hydrogen) atoms. The van der Waals surface area contributed by atoms with Crippen LogP contribution >= 0.6 is 0 Å². The molecule has 2 aromatic carbocycles. The Morgan fingerprint density at radius 2 is 1.59 bits per heavy atom. The zero-order valence-corrected chi connectivity index (χ0v) is 33.1. The lowest BCUT2D eigenvalue weighted by molar-refractivity contribution is -0.177. The first-order valence-corrected chi connectivity index (χ1v) is 20.1. The van der Waals surface area contributed by atoms with Crippen LogP contribution in [0.3, 0.4) is 0 Å². The summed E-state index contributed by atoms with van der Waals surface area (Å²) >= 11 is 0. The van der Waals surface area contributed by atoms with Crippen molar-refractivity contribution in [2.24, 2.45) is 27.6 Å². The van der Waals surface area contributed by atoms with E-state index < -0.39 is 11.4 Å². The molecular formula is C46H59NO7. The van der Waals surface area contributed by atoms with Crippen molar-refractivity contribution >= 4 is 18.0 Å². The number of aliphatic carboxylic acids is 1. The number of likely N-dealkylation sites (tertiary alicyclic amines) is 1. The molecule has 1 amide bonds. The number of aromatic hydroxyl groups is 2. The third-order valence-corrected chi connectivity index (χ3v) is 15.3. The maximum atomic E-state index is 12.3. The Morgan fingerprint density at radius 1 is 0.870 bits per heavy atom. The number of ether oxygens (including phenoxy) is 2. The standard InChI is InChI=1S/C29H40O4.C17H19NO3/c1-17-18-7-8-21-27(4,19(18)15-20(30)23(17)31)12-14-29(6)22-16-26(3,24(32)33)10-9-25(22,2)11-13-28(21,29)5;19-17(18-10-4-1-5-11-18)7-3-2-6-14-8-9-15-16(12-14)21-13-20-15/h8,15,22,30-31H,7,9-14,16H2,1-6H3,(H,32,33);2-3,6-9,12H,1,4-5,10-11,13H2. The quantitative estimate of drug-likeness (QED) is 0.124. The number of phenolic OH excluding ortho intramolecular Hbond substituents is 2. The Labute approximate surface area is 320 Å². The topological polar surface area (TPSA) is 117 Å². The van der Waals surface area contributed by atoms with Gasteiger partial charge in [0.15, 0.2) is 23.0 Å². The molecule has 8 rings (SSSR count). The minimum absolute atomic E-state index is 0.00431. The van der Waals surface area contributed by atoms with Gasteiger partial charge in [-0.1, -0.05) is 63.6 Å². The lowest BCUT2D eigenvalue weighted by Crippen LogP contribution is -2.62. The highest BCUT2D eigenvalue weighted by molar-refractivity contribution is 5.88. The first-order chi connectivity index (χ1) is 25.5. The van der Waals surface area contributed by atoms with Gasteiger partial charge in [-0.2, -0.15) is 0 Å².